The lowest BCUT2D eigenvalue weighted by molar-refractivity contribution is -0.136. The first-order valence-electron chi connectivity index (χ1n) is 5.78. The molecule has 0 unspecified atom stereocenters. The molecule has 0 spiro atoms. The van der Waals surface area contributed by atoms with Crippen LogP contribution in [0.2, 0.25) is 0 Å². The number of hydrogen-bond acceptors (Lipinski definition) is 2. The first-order chi connectivity index (χ1) is 7.74. The zero-order chi connectivity index (χ0) is 11.4. The summed E-state index contributed by atoms with van der Waals surface area (Å²) in [6, 6.07) is 8.04. The second kappa shape index (κ2) is 5.01. The van der Waals surface area contributed by atoms with Crippen molar-refractivity contribution in [1.82, 2.24) is 0 Å². The maximum atomic E-state index is 10.5. The number of rotatable bonds is 6. The lowest BCUT2D eigenvalue weighted by Crippen LogP contribution is -2.03. The molecule has 0 saturated heterocycles. The van der Waals surface area contributed by atoms with E-state index >= 15 is 0 Å². The molecule has 1 aliphatic rings. The lowest BCUT2D eigenvalue weighted by atomic mass is 10.1. The van der Waals surface area contributed by atoms with Gasteiger partial charge in [-0.1, -0.05) is 12.1 Å². The van der Waals surface area contributed by atoms with Crippen molar-refractivity contribution >= 4 is 11.7 Å². The van der Waals surface area contributed by atoms with Crippen LogP contribution >= 0.6 is 0 Å². The number of carboxylic acids is 1. The molecule has 0 bridgehead atoms. The zero-order valence-corrected chi connectivity index (χ0v) is 9.28. The highest BCUT2D eigenvalue weighted by molar-refractivity contribution is 5.67. The lowest BCUT2D eigenvalue weighted by Gasteiger charge is -2.07. The van der Waals surface area contributed by atoms with Gasteiger partial charge in [0.05, 0.1) is 0 Å². The molecule has 3 nitrogen and oxygen atoms in total. The van der Waals surface area contributed by atoms with E-state index in [2.05, 4.69) is 5.32 Å². The maximum absolute atomic E-state index is 10.5. The molecule has 16 heavy (non-hydrogen) atoms. The Labute approximate surface area is 95.5 Å². The molecular formula is C13H17NO2. The highest BCUT2D eigenvalue weighted by Crippen LogP contribution is 2.29. The van der Waals surface area contributed by atoms with E-state index in [4.69, 9.17) is 5.11 Å². The standard InChI is InChI=1S/C13H17NO2/c15-13(16)7-6-10-2-1-3-12(8-10)14-9-11-4-5-11/h1-3,8,11,14H,4-7,9H2,(H,15,16). The van der Waals surface area contributed by atoms with Gasteiger partial charge in [0.15, 0.2) is 0 Å². The summed E-state index contributed by atoms with van der Waals surface area (Å²) in [7, 11) is 0. The summed E-state index contributed by atoms with van der Waals surface area (Å²) in [5.41, 5.74) is 2.19. The topological polar surface area (TPSA) is 49.3 Å². The van der Waals surface area contributed by atoms with E-state index in [9.17, 15) is 4.79 Å². The van der Waals surface area contributed by atoms with Gasteiger partial charge in [0.2, 0.25) is 0 Å². The third-order valence-electron chi connectivity index (χ3n) is 2.85. The molecule has 0 radical (unpaired) electrons. The highest BCUT2D eigenvalue weighted by atomic mass is 16.4. The van der Waals surface area contributed by atoms with Crippen LogP contribution in [0.15, 0.2) is 24.3 Å². The van der Waals surface area contributed by atoms with E-state index in [0.717, 1.165) is 23.7 Å². The largest absolute Gasteiger partial charge is 0.481 e. The summed E-state index contributed by atoms with van der Waals surface area (Å²) < 4.78 is 0. The second-order valence-electron chi connectivity index (χ2n) is 4.42. The summed E-state index contributed by atoms with van der Waals surface area (Å²) >= 11 is 0. The van der Waals surface area contributed by atoms with Crippen molar-refractivity contribution in [1.29, 1.82) is 0 Å². The van der Waals surface area contributed by atoms with E-state index < -0.39 is 5.97 Å². The molecule has 3 heteroatoms. The Bertz CT molecular complexity index is 372. The molecule has 0 aromatic heterocycles. The summed E-state index contributed by atoms with van der Waals surface area (Å²) in [4.78, 5) is 10.5. The average Bonchev–Trinajstić information content (AvgIpc) is 3.08. The Morgan fingerprint density at radius 3 is 2.94 bits per heavy atom. The number of aryl methyl sites for hydroxylation is 1. The van der Waals surface area contributed by atoms with Crippen LogP contribution in [-0.4, -0.2) is 17.6 Å². The molecule has 1 aromatic carbocycles. The Morgan fingerprint density at radius 1 is 1.44 bits per heavy atom. The smallest absolute Gasteiger partial charge is 0.303 e. The van der Waals surface area contributed by atoms with Gasteiger partial charge < -0.3 is 10.4 Å². The van der Waals surface area contributed by atoms with Gasteiger partial charge in [0, 0.05) is 18.7 Å². The Hall–Kier alpha value is -1.51. The Morgan fingerprint density at radius 2 is 2.25 bits per heavy atom. The number of benzene rings is 1. The van der Waals surface area contributed by atoms with Crippen LogP contribution in [0.25, 0.3) is 0 Å². The third kappa shape index (κ3) is 3.57. The van der Waals surface area contributed by atoms with Gasteiger partial charge in [-0.3, -0.25) is 4.79 Å². The van der Waals surface area contributed by atoms with Gasteiger partial charge in [0.25, 0.3) is 0 Å². The molecule has 1 saturated carbocycles. The van der Waals surface area contributed by atoms with Gasteiger partial charge in [-0.15, -0.1) is 0 Å². The third-order valence-corrected chi connectivity index (χ3v) is 2.85. The van der Waals surface area contributed by atoms with Crippen molar-refractivity contribution in [3.05, 3.63) is 29.8 Å². The molecule has 1 fully saturated rings. The molecule has 86 valence electrons. The normalized spacial score (nSPS) is 14.8. The first kappa shape index (κ1) is 11.0. The van der Waals surface area contributed by atoms with E-state index in [1.54, 1.807) is 0 Å². The fraction of sp³-hybridized carbons (Fsp3) is 0.462. The fourth-order valence-electron chi connectivity index (χ4n) is 1.67. The van der Waals surface area contributed by atoms with Gasteiger partial charge in [0.1, 0.15) is 0 Å². The SMILES string of the molecule is O=C(O)CCc1cccc(NCC2CC2)c1. The predicted octanol–water partition coefficient (Wildman–Crippen LogP) is 2.53. The van der Waals surface area contributed by atoms with Crippen molar-refractivity contribution in [2.75, 3.05) is 11.9 Å². The number of carboxylic acid groups (broad SMARTS) is 1. The van der Waals surface area contributed by atoms with Crippen molar-refractivity contribution in [3.8, 4) is 0 Å². The summed E-state index contributed by atoms with van der Waals surface area (Å²) in [5.74, 6) is 0.110. The van der Waals surface area contributed by atoms with Gasteiger partial charge in [-0.05, 0) is 42.9 Å². The minimum Gasteiger partial charge on any atom is -0.481 e. The second-order valence-corrected chi connectivity index (χ2v) is 4.42. The van der Waals surface area contributed by atoms with Gasteiger partial charge in [-0.25, -0.2) is 0 Å². The quantitative estimate of drug-likeness (QED) is 0.773. The molecule has 2 N–H and O–H groups in total. The number of hydrogen-bond donors (Lipinski definition) is 2. The number of anilines is 1. The highest BCUT2D eigenvalue weighted by Gasteiger charge is 2.20. The number of carbonyl (C=O) groups is 1. The molecule has 0 amide bonds. The van der Waals surface area contributed by atoms with Crippen molar-refractivity contribution in [2.24, 2.45) is 5.92 Å². The minimum atomic E-state index is -0.739. The van der Waals surface area contributed by atoms with E-state index in [1.807, 2.05) is 24.3 Å². The molecule has 2 rings (SSSR count). The summed E-state index contributed by atoms with van der Waals surface area (Å²) in [6.45, 7) is 1.04. The van der Waals surface area contributed by atoms with Gasteiger partial charge >= 0.3 is 5.97 Å². The number of nitrogens with one attached hydrogen (secondary N) is 1. The molecule has 0 heterocycles. The Kier molecular flexibility index (Phi) is 3.44. The molecule has 0 aliphatic heterocycles. The predicted molar refractivity (Wildman–Crippen MR) is 63.6 cm³/mol. The summed E-state index contributed by atoms with van der Waals surface area (Å²) in [5, 5.41) is 12.0. The van der Waals surface area contributed by atoms with E-state index in [1.165, 1.54) is 12.8 Å². The minimum absolute atomic E-state index is 0.200. The molecule has 1 aromatic rings. The van der Waals surface area contributed by atoms with Crippen LogP contribution in [-0.2, 0) is 11.2 Å². The molecule has 0 atom stereocenters. The van der Waals surface area contributed by atoms with Crippen molar-refractivity contribution in [3.63, 3.8) is 0 Å². The number of aliphatic carboxylic acids is 1. The molecule has 1 aliphatic carbocycles. The van der Waals surface area contributed by atoms with Gasteiger partial charge in [-0.2, -0.15) is 0 Å². The molecular weight excluding hydrogens is 202 g/mol. The average molecular weight is 219 g/mol. The van der Waals surface area contributed by atoms with E-state index in [0.29, 0.717) is 6.42 Å². The van der Waals surface area contributed by atoms with Crippen LogP contribution < -0.4 is 5.32 Å². The van der Waals surface area contributed by atoms with Crippen LogP contribution in [0.5, 0.6) is 0 Å². The van der Waals surface area contributed by atoms with Crippen LogP contribution in [0, 0.1) is 5.92 Å². The van der Waals surface area contributed by atoms with Crippen molar-refractivity contribution in [2.45, 2.75) is 25.7 Å². The fourth-order valence-corrected chi connectivity index (χ4v) is 1.67. The van der Waals surface area contributed by atoms with Crippen molar-refractivity contribution < 1.29 is 9.90 Å². The van der Waals surface area contributed by atoms with Crippen LogP contribution in [0.1, 0.15) is 24.8 Å². The monoisotopic (exact) mass is 219 g/mol. The Balaban J connectivity index is 1.87. The zero-order valence-electron chi connectivity index (χ0n) is 9.28. The summed E-state index contributed by atoms with van der Waals surface area (Å²) in [6.07, 6.45) is 3.48. The maximum Gasteiger partial charge on any atom is 0.303 e. The first-order valence-corrected chi connectivity index (χ1v) is 5.78. The van der Waals surface area contributed by atoms with Crippen LogP contribution in [0.4, 0.5) is 5.69 Å². The van der Waals surface area contributed by atoms with E-state index in [-0.39, 0.29) is 6.42 Å². The van der Waals surface area contributed by atoms with Crippen LogP contribution in [0.3, 0.4) is 0 Å².